The quantitative estimate of drug-likeness (QED) is 0.222. The van der Waals surface area contributed by atoms with Gasteiger partial charge in [-0.3, -0.25) is 4.79 Å². The first-order chi connectivity index (χ1) is 20.1. The van der Waals surface area contributed by atoms with Gasteiger partial charge in [-0.05, 0) is 53.0 Å². The van der Waals surface area contributed by atoms with Crippen LogP contribution in [0, 0.1) is 5.41 Å². The average molecular weight is 573 g/mol. The van der Waals surface area contributed by atoms with Crippen LogP contribution in [-0.2, 0) is 25.7 Å². The lowest BCUT2D eigenvalue weighted by atomic mass is 9.84. The lowest BCUT2D eigenvalue weighted by Gasteiger charge is -2.26. The van der Waals surface area contributed by atoms with Gasteiger partial charge in [0, 0.05) is 18.9 Å². The number of fused-ring (bicyclic) bond motifs is 3. The Hall–Kier alpha value is -4.17. The molecular formula is C34H40N2O6. The molecule has 8 heteroatoms. The predicted octanol–water partition coefficient (Wildman–Crippen LogP) is 5.90. The van der Waals surface area contributed by atoms with Crippen molar-refractivity contribution in [3.05, 3.63) is 95.6 Å². The van der Waals surface area contributed by atoms with Gasteiger partial charge in [-0.25, -0.2) is 9.59 Å². The summed E-state index contributed by atoms with van der Waals surface area (Å²) in [6, 6.07) is 24.7. The fraction of sp³-hybridized carbons (Fsp3) is 0.382. The third kappa shape index (κ3) is 8.19. The van der Waals surface area contributed by atoms with Crippen LogP contribution in [0.4, 0.5) is 4.79 Å². The molecule has 3 aromatic carbocycles. The number of hydrogen-bond acceptors (Lipinski definition) is 5. The van der Waals surface area contributed by atoms with E-state index in [1.54, 1.807) is 6.92 Å². The Morgan fingerprint density at radius 3 is 2.10 bits per heavy atom. The van der Waals surface area contributed by atoms with Crippen LogP contribution in [0.2, 0.25) is 0 Å². The molecule has 8 nitrogen and oxygen atoms in total. The third-order valence-corrected chi connectivity index (χ3v) is 7.85. The molecule has 2 atom stereocenters. The van der Waals surface area contributed by atoms with Gasteiger partial charge < -0.3 is 25.2 Å². The number of carboxylic acids is 1. The SMILES string of the molecule is CC(OCc1ccccc1)C(NC(=O)CCC(C)(C)CCNC(=O)OCC1c2ccccc2-c2ccccc21)C(=O)O. The monoisotopic (exact) mass is 572 g/mol. The second-order valence-electron chi connectivity index (χ2n) is 11.6. The molecule has 2 unspecified atom stereocenters. The van der Waals surface area contributed by atoms with Crippen LogP contribution in [-0.4, -0.2) is 48.4 Å². The Bertz CT molecular complexity index is 1330. The Morgan fingerprint density at radius 1 is 0.881 bits per heavy atom. The van der Waals surface area contributed by atoms with Crippen molar-refractivity contribution in [3.8, 4) is 11.1 Å². The maximum Gasteiger partial charge on any atom is 0.407 e. The van der Waals surface area contributed by atoms with Crippen LogP contribution in [0.25, 0.3) is 11.1 Å². The number of hydrogen-bond donors (Lipinski definition) is 3. The highest BCUT2D eigenvalue weighted by molar-refractivity contribution is 5.84. The summed E-state index contributed by atoms with van der Waals surface area (Å²) in [6.45, 7) is 6.57. The minimum absolute atomic E-state index is 0.000751. The van der Waals surface area contributed by atoms with Gasteiger partial charge in [-0.15, -0.1) is 0 Å². The summed E-state index contributed by atoms with van der Waals surface area (Å²) in [7, 11) is 0. The van der Waals surface area contributed by atoms with E-state index in [9.17, 15) is 19.5 Å². The molecule has 4 rings (SSSR count). The molecule has 0 bridgehead atoms. The zero-order chi connectivity index (χ0) is 30.1. The molecule has 0 heterocycles. The second-order valence-corrected chi connectivity index (χ2v) is 11.6. The molecule has 0 saturated heterocycles. The van der Waals surface area contributed by atoms with Crippen LogP contribution < -0.4 is 10.6 Å². The summed E-state index contributed by atoms with van der Waals surface area (Å²) >= 11 is 0. The van der Waals surface area contributed by atoms with Crippen LogP contribution >= 0.6 is 0 Å². The van der Waals surface area contributed by atoms with Crippen molar-refractivity contribution in [3.63, 3.8) is 0 Å². The molecule has 0 aliphatic heterocycles. The van der Waals surface area contributed by atoms with E-state index in [0.717, 1.165) is 16.7 Å². The number of carbonyl (C=O) groups is 3. The first-order valence-corrected chi connectivity index (χ1v) is 14.4. The van der Waals surface area contributed by atoms with E-state index >= 15 is 0 Å². The number of amides is 2. The molecule has 3 aromatic rings. The predicted molar refractivity (Wildman–Crippen MR) is 161 cm³/mol. The maximum atomic E-state index is 12.6. The zero-order valence-corrected chi connectivity index (χ0v) is 24.5. The highest BCUT2D eigenvalue weighted by atomic mass is 16.5. The molecular weight excluding hydrogens is 532 g/mol. The normalized spacial score (nSPS) is 13.9. The Balaban J connectivity index is 1.17. The van der Waals surface area contributed by atoms with E-state index in [-0.39, 0.29) is 36.9 Å². The van der Waals surface area contributed by atoms with Crippen molar-refractivity contribution in [2.24, 2.45) is 5.41 Å². The average Bonchev–Trinajstić information content (AvgIpc) is 3.30. The highest BCUT2D eigenvalue weighted by Crippen LogP contribution is 2.44. The smallest absolute Gasteiger partial charge is 0.407 e. The molecule has 1 aliphatic carbocycles. The minimum atomic E-state index is -1.15. The number of aliphatic carboxylic acids is 1. The van der Waals surface area contributed by atoms with E-state index in [2.05, 4.69) is 34.9 Å². The van der Waals surface area contributed by atoms with Crippen molar-refractivity contribution in [1.82, 2.24) is 10.6 Å². The van der Waals surface area contributed by atoms with Gasteiger partial charge in [-0.2, -0.15) is 0 Å². The third-order valence-electron chi connectivity index (χ3n) is 7.85. The Labute approximate surface area is 247 Å². The van der Waals surface area contributed by atoms with Crippen molar-refractivity contribution in [1.29, 1.82) is 0 Å². The van der Waals surface area contributed by atoms with E-state index in [0.29, 0.717) is 19.4 Å². The minimum Gasteiger partial charge on any atom is -0.480 e. The van der Waals surface area contributed by atoms with Crippen molar-refractivity contribution in [2.75, 3.05) is 13.2 Å². The topological polar surface area (TPSA) is 114 Å². The molecule has 0 spiro atoms. The van der Waals surface area contributed by atoms with E-state index in [4.69, 9.17) is 9.47 Å². The number of carbonyl (C=O) groups excluding carboxylic acids is 2. The molecule has 222 valence electrons. The largest absolute Gasteiger partial charge is 0.480 e. The number of carboxylic acid groups (broad SMARTS) is 1. The van der Waals surface area contributed by atoms with Crippen molar-refractivity contribution in [2.45, 2.75) is 64.7 Å². The Kier molecular flexibility index (Phi) is 10.4. The number of benzene rings is 3. The van der Waals surface area contributed by atoms with Gasteiger partial charge in [0.2, 0.25) is 5.91 Å². The number of nitrogens with one attached hydrogen (secondary N) is 2. The fourth-order valence-electron chi connectivity index (χ4n) is 5.25. The second kappa shape index (κ2) is 14.1. The van der Waals surface area contributed by atoms with E-state index in [1.807, 2.05) is 68.4 Å². The molecule has 3 N–H and O–H groups in total. The van der Waals surface area contributed by atoms with Gasteiger partial charge in [0.15, 0.2) is 6.04 Å². The summed E-state index contributed by atoms with van der Waals surface area (Å²) < 4.78 is 11.3. The van der Waals surface area contributed by atoms with Crippen LogP contribution in [0.3, 0.4) is 0 Å². The molecule has 0 fully saturated rings. The van der Waals surface area contributed by atoms with Crippen molar-refractivity contribution < 1.29 is 29.0 Å². The molecule has 1 aliphatic rings. The lowest BCUT2D eigenvalue weighted by Crippen LogP contribution is -2.48. The Morgan fingerprint density at radius 2 is 1.48 bits per heavy atom. The number of ether oxygens (including phenoxy) is 2. The van der Waals surface area contributed by atoms with E-state index in [1.165, 1.54) is 11.1 Å². The van der Waals surface area contributed by atoms with Crippen LogP contribution in [0.1, 0.15) is 62.6 Å². The standard InChI is InChI=1S/C34H40N2O6/c1-23(41-21-24-11-5-4-6-12-24)31(32(38)39)36-30(37)17-18-34(2,3)19-20-35-33(40)42-22-29-27-15-9-7-13-25(27)26-14-8-10-16-28(26)29/h4-16,23,29,31H,17-22H2,1-3H3,(H,35,40)(H,36,37)(H,38,39). The van der Waals surface area contributed by atoms with Gasteiger partial charge in [0.1, 0.15) is 6.61 Å². The van der Waals surface area contributed by atoms with E-state index < -0.39 is 24.2 Å². The van der Waals surface area contributed by atoms with Crippen LogP contribution in [0.5, 0.6) is 0 Å². The molecule has 2 amide bonds. The first-order valence-electron chi connectivity index (χ1n) is 14.4. The number of alkyl carbamates (subject to hydrolysis) is 1. The molecule has 42 heavy (non-hydrogen) atoms. The van der Waals surface area contributed by atoms with Gasteiger partial charge in [-0.1, -0.05) is 92.7 Å². The van der Waals surface area contributed by atoms with Gasteiger partial charge >= 0.3 is 12.1 Å². The summed E-state index contributed by atoms with van der Waals surface area (Å²) in [5.41, 5.74) is 5.34. The van der Waals surface area contributed by atoms with Crippen molar-refractivity contribution >= 4 is 18.0 Å². The molecule has 0 aromatic heterocycles. The maximum absolute atomic E-state index is 12.6. The number of rotatable bonds is 14. The summed E-state index contributed by atoms with van der Waals surface area (Å²) in [6.07, 6.45) is 0.133. The molecule has 0 radical (unpaired) electrons. The fourth-order valence-corrected chi connectivity index (χ4v) is 5.25. The highest BCUT2D eigenvalue weighted by Gasteiger charge is 2.30. The lowest BCUT2D eigenvalue weighted by molar-refractivity contribution is -0.146. The van der Waals surface area contributed by atoms with Gasteiger partial charge in [0.05, 0.1) is 12.7 Å². The van der Waals surface area contributed by atoms with Crippen LogP contribution in [0.15, 0.2) is 78.9 Å². The summed E-state index contributed by atoms with van der Waals surface area (Å²) in [5.74, 6) is -1.50. The summed E-state index contributed by atoms with van der Waals surface area (Å²) in [4.78, 5) is 36.9. The molecule has 0 saturated carbocycles. The van der Waals surface area contributed by atoms with Gasteiger partial charge in [0.25, 0.3) is 0 Å². The summed E-state index contributed by atoms with van der Waals surface area (Å²) in [5, 5.41) is 15.1. The first kappa shape index (κ1) is 30.8. The zero-order valence-electron chi connectivity index (χ0n) is 24.5.